The van der Waals surface area contributed by atoms with E-state index in [1.807, 2.05) is 54.2 Å². The van der Waals surface area contributed by atoms with E-state index in [1.165, 1.54) is 0 Å². The summed E-state index contributed by atoms with van der Waals surface area (Å²) in [5.41, 5.74) is 3.27. The van der Waals surface area contributed by atoms with Crippen LogP contribution < -0.4 is 10.2 Å². The Bertz CT molecular complexity index is 969. The molecule has 0 bridgehead atoms. The van der Waals surface area contributed by atoms with E-state index >= 15 is 0 Å². The molecule has 0 aromatic heterocycles. The Balaban J connectivity index is 1.94. The molecule has 172 valence electrons. The fraction of sp³-hybridized carbons (Fsp3) is 0.462. The van der Waals surface area contributed by atoms with Crippen LogP contribution in [0.4, 0.5) is 11.4 Å². The van der Waals surface area contributed by atoms with Gasteiger partial charge in [-0.3, -0.25) is 9.59 Å². The Morgan fingerprint density at radius 1 is 1.09 bits per heavy atom. The van der Waals surface area contributed by atoms with Gasteiger partial charge < -0.3 is 15.1 Å². The number of hydrogen-bond donors (Lipinski definition) is 1. The second-order valence-electron chi connectivity index (χ2n) is 9.25. The van der Waals surface area contributed by atoms with Crippen molar-refractivity contribution in [2.45, 2.75) is 52.6 Å². The lowest BCUT2D eigenvalue weighted by atomic mass is 9.85. The summed E-state index contributed by atoms with van der Waals surface area (Å²) in [6.07, 6.45) is 3.04. The van der Waals surface area contributed by atoms with Gasteiger partial charge in [-0.2, -0.15) is 0 Å². The van der Waals surface area contributed by atoms with Gasteiger partial charge in [-0.25, -0.2) is 0 Å². The number of rotatable bonds is 8. The van der Waals surface area contributed by atoms with Gasteiger partial charge >= 0.3 is 0 Å². The normalized spacial score (nSPS) is 14.6. The highest BCUT2D eigenvalue weighted by atomic mass is 35.5. The van der Waals surface area contributed by atoms with Gasteiger partial charge in [0.1, 0.15) is 0 Å². The first-order chi connectivity index (χ1) is 15.2. The average Bonchev–Trinajstić information content (AvgIpc) is 2.70. The van der Waals surface area contributed by atoms with Gasteiger partial charge in [0, 0.05) is 44.0 Å². The molecule has 1 N–H and O–H groups in total. The van der Waals surface area contributed by atoms with E-state index in [4.69, 9.17) is 11.6 Å². The fourth-order valence-electron chi connectivity index (χ4n) is 3.87. The molecule has 1 fully saturated rings. The molecule has 0 radical (unpaired) electrons. The molecule has 2 aromatic rings. The van der Waals surface area contributed by atoms with Crippen molar-refractivity contribution in [2.24, 2.45) is 11.8 Å². The van der Waals surface area contributed by atoms with E-state index in [1.54, 1.807) is 12.1 Å². The van der Waals surface area contributed by atoms with Crippen molar-refractivity contribution in [1.82, 2.24) is 4.90 Å². The molecule has 32 heavy (non-hydrogen) atoms. The summed E-state index contributed by atoms with van der Waals surface area (Å²) in [5.74, 6) is 0.377. The molecule has 0 heterocycles. The topological polar surface area (TPSA) is 52.7 Å². The zero-order valence-corrected chi connectivity index (χ0v) is 20.4. The Kier molecular flexibility index (Phi) is 7.83. The molecule has 2 aromatic carbocycles. The summed E-state index contributed by atoms with van der Waals surface area (Å²) in [5, 5.41) is 3.52. The number of anilines is 2. The zero-order chi connectivity index (χ0) is 23.4. The SMILES string of the molecule is CC(C)[C@H](C)N(Cc1cc(NC(=O)C2CCC2)ccc1N(C)C)C(=O)c1ccccc1Cl. The maximum Gasteiger partial charge on any atom is 0.255 e. The summed E-state index contributed by atoms with van der Waals surface area (Å²) in [4.78, 5) is 29.9. The number of hydrogen-bond acceptors (Lipinski definition) is 3. The minimum atomic E-state index is -0.0922. The van der Waals surface area contributed by atoms with Crippen LogP contribution in [0.25, 0.3) is 0 Å². The summed E-state index contributed by atoms with van der Waals surface area (Å²) in [6, 6.07) is 13.1. The number of nitrogens with one attached hydrogen (secondary N) is 1. The van der Waals surface area contributed by atoms with Crippen molar-refractivity contribution >= 4 is 34.8 Å². The van der Waals surface area contributed by atoms with E-state index in [-0.39, 0.29) is 29.7 Å². The zero-order valence-electron chi connectivity index (χ0n) is 19.7. The average molecular weight is 456 g/mol. The monoisotopic (exact) mass is 455 g/mol. The molecule has 0 saturated heterocycles. The molecule has 3 rings (SSSR count). The van der Waals surface area contributed by atoms with E-state index in [0.717, 1.165) is 36.2 Å². The molecule has 1 aliphatic carbocycles. The second kappa shape index (κ2) is 10.4. The van der Waals surface area contributed by atoms with Crippen LogP contribution in [0, 0.1) is 11.8 Å². The Labute approximate surface area is 196 Å². The van der Waals surface area contributed by atoms with Gasteiger partial charge in [0.25, 0.3) is 5.91 Å². The van der Waals surface area contributed by atoms with Crippen molar-refractivity contribution in [1.29, 1.82) is 0 Å². The first-order valence-corrected chi connectivity index (χ1v) is 11.7. The van der Waals surface area contributed by atoms with Crippen LogP contribution in [0.1, 0.15) is 56.0 Å². The summed E-state index contributed by atoms with van der Waals surface area (Å²) >= 11 is 6.36. The molecule has 0 unspecified atom stereocenters. The van der Waals surface area contributed by atoms with Gasteiger partial charge in [0.15, 0.2) is 0 Å². The third-order valence-electron chi connectivity index (χ3n) is 6.47. The van der Waals surface area contributed by atoms with Crippen molar-refractivity contribution in [3.63, 3.8) is 0 Å². The van der Waals surface area contributed by atoms with Crippen LogP contribution in [-0.4, -0.2) is 36.9 Å². The molecular weight excluding hydrogens is 422 g/mol. The smallest absolute Gasteiger partial charge is 0.255 e. The van der Waals surface area contributed by atoms with E-state index in [2.05, 4.69) is 26.1 Å². The standard InChI is InChI=1S/C26H34ClN3O2/c1-17(2)18(3)30(26(32)22-11-6-7-12-23(22)27)16-20-15-21(13-14-24(20)29(4)5)28-25(31)19-9-8-10-19/h6-7,11-15,17-19H,8-10,16H2,1-5H3,(H,28,31)/t18-/m0/s1. The lowest BCUT2D eigenvalue weighted by Gasteiger charge is -2.34. The molecule has 0 spiro atoms. The number of carbonyl (C=O) groups is 2. The number of amides is 2. The molecule has 5 nitrogen and oxygen atoms in total. The molecule has 1 atom stereocenters. The first-order valence-electron chi connectivity index (χ1n) is 11.4. The summed E-state index contributed by atoms with van der Waals surface area (Å²) in [7, 11) is 3.97. The highest BCUT2D eigenvalue weighted by Crippen LogP contribution is 2.30. The van der Waals surface area contributed by atoms with E-state index in [0.29, 0.717) is 17.1 Å². The van der Waals surface area contributed by atoms with E-state index in [9.17, 15) is 9.59 Å². The summed E-state index contributed by atoms with van der Waals surface area (Å²) < 4.78 is 0. The third kappa shape index (κ3) is 5.44. The van der Waals surface area contributed by atoms with Crippen LogP contribution in [0.3, 0.4) is 0 Å². The minimum Gasteiger partial charge on any atom is -0.377 e. The number of halogens is 1. The maximum absolute atomic E-state index is 13.6. The highest BCUT2D eigenvalue weighted by molar-refractivity contribution is 6.33. The van der Waals surface area contributed by atoms with Crippen LogP contribution in [0.5, 0.6) is 0 Å². The Morgan fingerprint density at radius 2 is 1.78 bits per heavy atom. The molecule has 6 heteroatoms. The first kappa shape index (κ1) is 24.1. The molecule has 2 amide bonds. The predicted molar refractivity (Wildman–Crippen MR) is 132 cm³/mol. The van der Waals surface area contributed by atoms with Crippen LogP contribution in [0.2, 0.25) is 5.02 Å². The Morgan fingerprint density at radius 3 is 2.34 bits per heavy atom. The molecular formula is C26H34ClN3O2. The number of benzene rings is 2. The summed E-state index contributed by atoms with van der Waals surface area (Å²) in [6.45, 7) is 6.71. The number of nitrogens with zero attached hydrogens (tertiary/aromatic N) is 2. The molecule has 1 aliphatic rings. The van der Waals surface area contributed by atoms with Crippen molar-refractivity contribution in [3.8, 4) is 0 Å². The Hall–Kier alpha value is -2.53. The van der Waals surface area contributed by atoms with E-state index < -0.39 is 0 Å². The van der Waals surface area contributed by atoms with Crippen molar-refractivity contribution < 1.29 is 9.59 Å². The van der Waals surface area contributed by atoms with Gasteiger partial charge in [-0.15, -0.1) is 0 Å². The third-order valence-corrected chi connectivity index (χ3v) is 6.80. The van der Waals surface area contributed by atoms with Gasteiger partial charge in [0.05, 0.1) is 10.6 Å². The lowest BCUT2D eigenvalue weighted by molar-refractivity contribution is -0.122. The van der Waals surface area contributed by atoms with Gasteiger partial charge in [-0.1, -0.05) is 44.0 Å². The lowest BCUT2D eigenvalue weighted by Crippen LogP contribution is -2.41. The van der Waals surface area contributed by atoms with Crippen molar-refractivity contribution in [2.75, 3.05) is 24.3 Å². The van der Waals surface area contributed by atoms with Crippen LogP contribution >= 0.6 is 11.6 Å². The fourth-order valence-corrected chi connectivity index (χ4v) is 4.09. The van der Waals surface area contributed by atoms with Crippen LogP contribution in [-0.2, 0) is 11.3 Å². The number of carbonyl (C=O) groups excluding carboxylic acids is 2. The van der Waals surface area contributed by atoms with Crippen LogP contribution in [0.15, 0.2) is 42.5 Å². The quantitative estimate of drug-likeness (QED) is 0.544. The molecule has 0 aliphatic heterocycles. The second-order valence-corrected chi connectivity index (χ2v) is 9.66. The molecule has 1 saturated carbocycles. The minimum absolute atomic E-state index is 0.00186. The maximum atomic E-state index is 13.6. The highest BCUT2D eigenvalue weighted by Gasteiger charge is 2.28. The predicted octanol–water partition coefficient (Wildman–Crippen LogP) is 5.83. The van der Waals surface area contributed by atoms with Crippen molar-refractivity contribution in [3.05, 3.63) is 58.6 Å². The van der Waals surface area contributed by atoms with Gasteiger partial charge in [0.2, 0.25) is 5.91 Å². The largest absolute Gasteiger partial charge is 0.377 e. The van der Waals surface area contributed by atoms with Gasteiger partial charge in [-0.05, 0) is 61.6 Å².